The molecular formula is C20H21FN4OS. The zero-order valence-corrected chi connectivity index (χ0v) is 15.8. The third kappa shape index (κ3) is 6.07. The van der Waals surface area contributed by atoms with E-state index >= 15 is 0 Å². The molecule has 0 radical (unpaired) electrons. The Bertz CT molecular complexity index is 866. The topological polar surface area (TPSA) is 58.5 Å². The standard InChI is InChI=1S/C20H21FN4OS/c1-22-20(24-11-9-18-3-2-12-27-18)25-14-15-8-10-23-19(13-15)26-17-6-4-16(21)5-7-17/h2-8,10,12-13H,9,11,14H2,1H3,(H2,22,24,25). The van der Waals surface area contributed by atoms with E-state index in [-0.39, 0.29) is 5.82 Å². The number of guanidine groups is 1. The van der Waals surface area contributed by atoms with Crippen LogP contribution in [0.25, 0.3) is 0 Å². The maximum atomic E-state index is 13.0. The van der Waals surface area contributed by atoms with E-state index in [0.29, 0.717) is 18.2 Å². The first-order chi connectivity index (χ1) is 13.2. The molecule has 0 amide bonds. The highest BCUT2D eigenvalue weighted by Gasteiger charge is 2.03. The quantitative estimate of drug-likeness (QED) is 0.478. The van der Waals surface area contributed by atoms with Crippen LogP contribution in [-0.2, 0) is 13.0 Å². The molecule has 5 nitrogen and oxygen atoms in total. The number of nitrogens with one attached hydrogen (secondary N) is 2. The lowest BCUT2D eigenvalue weighted by molar-refractivity contribution is 0.460. The molecule has 7 heteroatoms. The zero-order valence-electron chi connectivity index (χ0n) is 15.0. The molecule has 0 bridgehead atoms. The summed E-state index contributed by atoms with van der Waals surface area (Å²) in [6.07, 6.45) is 2.64. The predicted octanol–water partition coefficient (Wildman–Crippen LogP) is 3.98. The molecule has 3 rings (SSSR count). The van der Waals surface area contributed by atoms with Gasteiger partial charge in [0, 0.05) is 37.3 Å². The lowest BCUT2D eigenvalue weighted by Gasteiger charge is -2.12. The van der Waals surface area contributed by atoms with Gasteiger partial charge in [0.1, 0.15) is 11.6 Å². The molecule has 2 N–H and O–H groups in total. The predicted molar refractivity (Wildman–Crippen MR) is 107 cm³/mol. The Kier molecular flexibility index (Phi) is 6.76. The van der Waals surface area contributed by atoms with Crippen LogP contribution >= 0.6 is 11.3 Å². The first kappa shape index (κ1) is 18.8. The van der Waals surface area contributed by atoms with Crippen molar-refractivity contribution in [2.24, 2.45) is 4.99 Å². The van der Waals surface area contributed by atoms with Crippen molar-refractivity contribution in [2.45, 2.75) is 13.0 Å². The van der Waals surface area contributed by atoms with Crippen LogP contribution in [0.5, 0.6) is 11.6 Å². The second-order valence-corrected chi connectivity index (χ2v) is 6.77. The fraction of sp³-hybridized carbons (Fsp3) is 0.200. The lowest BCUT2D eigenvalue weighted by atomic mass is 10.2. The van der Waals surface area contributed by atoms with Crippen molar-refractivity contribution in [1.82, 2.24) is 15.6 Å². The largest absolute Gasteiger partial charge is 0.439 e. The summed E-state index contributed by atoms with van der Waals surface area (Å²) in [5.41, 5.74) is 1.00. The number of nitrogens with zero attached hydrogens (tertiary/aromatic N) is 2. The van der Waals surface area contributed by atoms with Crippen molar-refractivity contribution in [2.75, 3.05) is 13.6 Å². The summed E-state index contributed by atoms with van der Waals surface area (Å²) < 4.78 is 18.6. The monoisotopic (exact) mass is 384 g/mol. The van der Waals surface area contributed by atoms with Gasteiger partial charge in [-0.25, -0.2) is 9.37 Å². The van der Waals surface area contributed by atoms with Gasteiger partial charge in [-0.05, 0) is 53.8 Å². The SMILES string of the molecule is CN=C(NCCc1cccs1)NCc1ccnc(Oc2ccc(F)cc2)c1. The molecule has 1 aromatic carbocycles. The molecule has 0 saturated heterocycles. The Labute approximate surface area is 162 Å². The number of aromatic nitrogens is 1. The van der Waals surface area contributed by atoms with Crippen molar-refractivity contribution in [1.29, 1.82) is 0 Å². The number of halogens is 1. The maximum absolute atomic E-state index is 13.0. The molecule has 0 saturated carbocycles. The molecule has 2 aromatic heterocycles. The lowest BCUT2D eigenvalue weighted by Crippen LogP contribution is -2.37. The molecule has 0 aliphatic carbocycles. The van der Waals surface area contributed by atoms with Crippen molar-refractivity contribution in [3.8, 4) is 11.6 Å². The summed E-state index contributed by atoms with van der Waals surface area (Å²) in [5.74, 6) is 1.44. The molecule has 3 aromatic rings. The Hall–Kier alpha value is -2.93. The number of hydrogen-bond donors (Lipinski definition) is 2. The molecule has 27 heavy (non-hydrogen) atoms. The Balaban J connectivity index is 1.50. The van der Waals surface area contributed by atoms with E-state index < -0.39 is 0 Å². The van der Waals surface area contributed by atoms with E-state index in [1.165, 1.54) is 17.0 Å². The van der Waals surface area contributed by atoms with Crippen molar-refractivity contribution in [3.05, 3.63) is 76.4 Å². The van der Waals surface area contributed by atoms with E-state index in [1.807, 2.05) is 12.1 Å². The molecule has 0 aliphatic heterocycles. The Morgan fingerprint density at radius 2 is 2.04 bits per heavy atom. The molecule has 2 heterocycles. The summed E-state index contributed by atoms with van der Waals surface area (Å²) in [7, 11) is 1.75. The van der Waals surface area contributed by atoms with Gasteiger partial charge in [0.05, 0.1) is 0 Å². The van der Waals surface area contributed by atoms with Crippen LogP contribution in [0, 0.1) is 5.82 Å². The normalized spacial score (nSPS) is 11.3. The highest BCUT2D eigenvalue weighted by atomic mass is 32.1. The van der Waals surface area contributed by atoms with Crippen LogP contribution in [0.4, 0.5) is 4.39 Å². The van der Waals surface area contributed by atoms with Crippen LogP contribution in [0.15, 0.2) is 65.1 Å². The molecular weight excluding hydrogens is 363 g/mol. The third-order valence-electron chi connectivity index (χ3n) is 3.76. The van der Waals surface area contributed by atoms with E-state index in [9.17, 15) is 4.39 Å². The van der Waals surface area contributed by atoms with Gasteiger partial charge in [0.15, 0.2) is 5.96 Å². The first-order valence-electron chi connectivity index (χ1n) is 8.58. The highest BCUT2D eigenvalue weighted by Crippen LogP contribution is 2.20. The third-order valence-corrected chi connectivity index (χ3v) is 4.70. The summed E-state index contributed by atoms with van der Waals surface area (Å²) >= 11 is 1.75. The second-order valence-electron chi connectivity index (χ2n) is 5.74. The summed E-state index contributed by atoms with van der Waals surface area (Å²) in [5, 5.41) is 8.66. The van der Waals surface area contributed by atoms with E-state index in [4.69, 9.17) is 4.74 Å². The van der Waals surface area contributed by atoms with Crippen molar-refractivity contribution >= 4 is 17.3 Å². The zero-order chi connectivity index (χ0) is 18.9. The smallest absolute Gasteiger partial charge is 0.219 e. The molecule has 0 aliphatic rings. The number of aliphatic imine (C=N–C) groups is 1. The van der Waals surface area contributed by atoms with Gasteiger partial charge in [-0.15, -0.1) is 11.3 Å². The Morgan fingerprint density at radius 3 is 2.78 bits per heavy atom. The van der Waals surface area contributed by atoms with Crippen LogP contribution in [-0.4, -0.2) is 24.5 Å². The average Bonchev–Trinajstić information content (AvgIpc) is 3.20. The van der Waals surface area contributed by atoms with Crippen LogP contribution in [0.2, 0.25) is 0 Å². The van der Waals surface area contributed by atoms with Gasteiger partial charge in [-0.2, -0.15) is 0 Å². The van der Waals surface area contributed by atoms with Crippen molar-refractivity contribution in [3.63, 3.8) is 0 Å². The van der Waals surface area contributed by atoms with Gasteiger partial charge in [-0.3, -0.25) is 4.99 Å². The number of rotatable bonds is 7. The molecule has 0 unspecified atom stereocenters. The minimum absolute atomic E-state index is 0.300. The average molecular weight is 384 g/mol. The van der Waals surface area contributed by atoms with E-state index in [0.717, 1.165) is 24.5 Å². The van der Waals surface area contributed by atoms with Gasteiger partial charge in [-0.1, -0.05) is 6.07 Å². The highest BCUT2D eigenvalue weighted by molar-refractivity contribution is 7.09. The number of thiophene rings is 1. The molecule has 0 atom stereocenters. The van der Waals surface area contributed by atoms with Crippen LogP contribution in [0.1, 0.15) is 10.4 Å². The molecule has 140 valence electrons. The number of hydrogen-bond acceptors (Lipinski definition) is 4. The van der Waals surface area contributed by atoms with Crippen molar-refractivity contribution < 1.29 is 9.13 Å². The van der Waals surface area contributed by atoms with Gasteiger partial charge >= 0.3 is 0 Å². The van der Waals surface area contributed by atoms with Crippen LogP contribution < -0.4 is 15.4 Å². The number of pyridine rings is 1. The summed E-state index contributed by atoms with van der Waals surface area (Å²) in [6.45, 7) is 1.40. The fourth-order valence-corrected chi connectivity index (χ4v) is 3.11. The van der Waals surface area contributed by atoms with E-state index in [2.05, 4.69) is 38.1 Å². The van der Waals surface area contributed by atoms with Crippen LogP contribution in [0.3, 0.4) is 0 Å². The van der Waals surface area contributed by atoms with Gasteiger partial charge < -0.3 is 15.4 Å². The minimum Gasteiger partial charge on any atom is -0.439 e. The molecule has 0 spiro atoms. The number of ether oxygens (including phenoxy) is 1. The summed E-state index contributed by atoms with van der Waals surface area (Å²) in [4.78, 5) is 9.77. The maximum Gasteiger partial charge on any atom is 0.219 e. The van der Waals surface area contributed by atoms with E-state index in [1.54, 1.807) is 36.7 Å². The summed E-state index contributed by atoms with van der Waals surface area (Å²) in [6, 6.07) is 13.8. The minimum atomic E-state index is -0.300. The fourth-order valence-electron chi connectivity index (χ4n) is 2.40. The molecule has 0 fully saturated rings. The van der Waals surface area contributed by atoms with Gasteiger partial charge in [0.25, 0.3) is 0 Å². The first-order valence-corrected chi connectivity index (χ1v) is 9.46. The second kappa shape index (κ2) is 9.68. The van der Waals surface area contributed by atoms with Gasteiger partial charge in [0.2, 0.25) is 5.88 Å². The Morgan fingerprint density at radius 1 is 1.19 bits per heavy atom. The number of benzene rings is 1.